The molecule has 2 atom stereocenters. The summed E-state index contributed by atoms with van der Waals surface area (Å²) >= 11 is 0. The highest BCUT2D eigenvalue weighted by Crippen LogP contribution is 2.31. The smallest absolute Gasteiger partial charge is 0.272 e. The molecule has 0 saturated carbocycles. The molecule has 1 saturated heterocycles. The van der Waals surface area contributed by atoms with Crippen LogP contribution in [0.1, 0.15) is 65.7 Å². The van der Waals surface area contributed by atoms with Crippen molar-refractivity contribution in [3.05, 3.63) is 52.3 Å². The van der Waals surface area contributed by atoms with E-state index in [4.69, 9.17) is 4.74 Å². The Morgan fingerprint density at radius 1 is 1.28 bits per heavy atom. The van der Waals surface area contributed by atoms with Crippen LogP contribution < -0.4 is 5.32 Å². The maximum Gasteiger partial charge on any atom is 0.272 e. The molecular formula is C22H28N4O3. The predicted molar refractivity (Wildman–Crippen MR) is 108 cm³/mol. The number of nitrogens with zero attached hydrogens (tertiary/aromatic N) is 3. The number of fused-ring (bicyclic) bond motifs is 1. The summed E-state index contributed by atoms with van der Waals surface area (Å²) in [6.45, 7) is 5.82. The van der Waals surface area contributed by atoms with Gasteiger partial charge in [0, 0.05) is 45.1 Å². The van der Waals surface area contributed by atoms with E-state index in [1.807, 2.05) is 50.1 Å². The number of hydrogen-bond acceptors (Lipinski definition) is 4. The maximum atomic E-state index is 12.9. The van der Waals surface area contributed by atoms with Gasteiger partial charge in [-0.1, -0.05) is 24.3 Å². The van der Waals surface area contributed by atoms with E-state index in [2.05, 4.69) is 10.4 Å². The van der Waals surface area contributed by atoms with Crippen LogP contribution in [0.25, 0.3) is 0 Å². The van der Waals surface area contributed by atoms with Crippen LogP contribution in [0.3, 0.4) is 0 Å². The molecule has 0 bridgehead atoms. The van der Waals surface area contributed by atoms with E-state index in [1.165, 1.54) is 0 Å². The second-order valence-electron chi connectivity index (χ2n) is 8.00. The van der Waals surface area contributed by atoms with Crippen LogP contribution in [0.5, 0.6) is 0 Å². The van der Waals surface area contributed by atoms with E-state index in [0.717, 1.165) is 35.3 Å². The summed E-state index contributed by atoms with van der Waals surface area (Å²) in [5.41, 5.74) is 4.53. The van der Waals surface area contributed by atoms with Gasteiger partial charge in [0.15, 0.2) is 5.69 Å². The highest BCUT2D eigenvalue weighted by atomic mass is 16.5. The van der Waals surface area contributed by atoms with Gasteiger partial charge in [0.25, 0.3) is 5.91 Å². The van der Waals surface area contributed by atoms with Crippen molar-refractivity contribution in [2.75, 3.05) is 6.54 Å². The van der Waals surface area contributed by atoms with Crippen LogP contribution in [0.15, 0.2) is 24.3 Å². The lowest BCUT2D eigenvalue weighted by Gasteiger charge is -2.26. The standard InChI is InChI=1S/C22H28N4O3/c1-14-11-18-20(24-25(3)21(18)15(2)29-14)22(28)23-12-16-7-4-5-8-17(16)13-26-10-6-9-19(26)27/h4-5,7-8,14-15H,6,9-13H2,1-3H3,(H,23,28)/t14-,15+/m1/s1. The first-order chi connectivity index (χ1) is 13.9. The molecule has 1 aromatic heterocycles. The number of ether oxygens (including phenoxy) is 1. The van der Waals surface area contributed by atoms with Crippen LogP contribution >= 0.6 is 0 Å². The Morgan fingerprint density at radius 3 is 2.76 bits per heavy atom. The molecule has 0 unspecified atom stereocenters. The lowest BCUT2D eigenvalue weighted by Crippen LogP contribution is -2.28. The SMILES string of the molecule is C[C@@H]1Cc2c(C(=O)NCc3ccccc3CN3CCCC3=O)nn(C)c2[C@H](C)O1. The number of nitrogens with one attached hydrogen (secondary N) is 1. The number of hydrogen-bond donors (Lipinski definition) is 1. The number of amides is 2. The van der Waals surface area contributed by atoms with Crippen LogP contribution in [-0.4, -0.2) is 39.1 Å². The van der Waals surface area contributed by atoms with E-state index < -0.39 is 0 Å². The van der Waals surface area contributed by atoms with Crippen molar-refractivity contribution >= 4 is 11.8 Å². The Bertz CT molecular complexity index is 936. The molecule has 29 heavy (non-hydrogen) atoms. The molecule has 154 valence electrons. The fraction of sp³-hybridized carbons (Fsp3) is 0.500. The van der Waals surface area contributed by atoms with E-state index in [1.54, 1.807) is 4.68 Å². The second kappa shape index (κ2) is 7.99. The van der Waals surface area contributed by atoms with Crippen molar-refractivity contribution < 1.29 is 14.3 Å². The van der Waals surface area contributed by atoms with Crippen LogP contribution in [0, 0.1) is 0 Å². The van der Waals surface area contributed by atoms with Crippen molar-refractivity contribution in [3.63, 3.8) is 0 Å². The van der Waals surface area contributed by atoms with Crippen LogP contribution in [-0.2, 0) is 36.1 Å². The minimum atomic E-state index is -0.171. The van der Waals surface area contributed by atoms with Crippen molar-refractivity contribution in [2.45, 2.75) is 58.4 Å². The number of likely N-dealkylation sites (tertiary alicyclic amines) is 1. The van der Waals surface area contributed by atoms with Crippen molar-refractivity contribution in [2.24, 2.45) is 7.05 Å². The average Bonchev–Trinajstić information content (AvgIpc) is 3.24. The zero-order valence-corrected chi connectivity index (χ0v) is 17.3. The molecule has 7 nitrogen and oxygen atoms in total. The molecule has 0 spiro atoms. The first-order valence-corrected chi connectivity index (χ1v) is 10.3. The minimum absolute atomic E-state index is 0.0620. The summed E-state index contributed by atoms with van der Waals surface area (Å²) in [4.78, 5) is 26.8. The summed E-state index contributed by atoms with van der Waals surface area (Å²) in [6.07, 6.45) is 2.22. The molecule has 1 N–H and O–H groups in total. The molecule has 2 aliphatic rings. The van der Waals surface area contributed by atoms with Gasteiger partial charge < -0.3 is 15.0 Å². The molecular weight excluding hydrogens is 368 g/mol. The van der Waals surface area contributed by atoms with Crippen molar-refractivity contribution in [1.82, 2.24) is 20.0 Å². The van der Waals surface area contributed by atoms with Crippen LogP contribution in [0.2, 0.25) is 0 Å². The molecule has 4 rings (SSSR count). The van der Waals surface area contributed by atoms with Gasteiger partial charge in [-0.3, -0.25) is 14.3 Å². The Morgan fingerprint density at radius 2 is 2.03 bits per heavy atom. The summed E-state index contributed by atoms with van der Waals surface area (Å²) in [5.74, 6) is 0.0320. The molecule has 0 radical (unpaired) electrons. The predicted octanol–water partition coefficient (Wildman–Crippen LogP) is 2.49. The highest BCUT2D eigenvalue weighted by molar-refractivity contribution is 5.94. The van der Waals surface area contributed by atoms with Crippen molar-refractivity contribution in [1.29, 1.82) is 0 Å². The van der Waals surface area contributed by atoms with E-state index in [9.17, 15) is 9.59 Å². The summed E-state index contributed by atoms with van der Waals surface area (Å²) in [7, 11) is 1.85. The van der Waals surface area contributed by atoms with Gasteiger partial charge in [0.05, 0.1) is 17.9 Å². The van der Waals surface area contributed by atoms with E-state index in [0.29, 0.717) is 31.6 Å². The molecule has 2 amide bonds. The third-order valence-corrected chi connectivity index (χ3v) is 5.81. The molecule has 0 aliphatic carbocycles. The number of aryl methyl sites for hydroxylation is 1. The monoisotopic (exact) mass is 396 g/mol. The number of carbonyl (C=O) groups excluding carboxylic acids is 2. The van der Waals surface area contributed by atoms with Crippen LogP contribution in [0.4, 0.5) is 0 Å². The fourth-order valence-electron chi connectivity index (χ4n) is 4.44. The fourth-order valence-corrected chi connectivity index (χ4v) is 4.44. The van der Waals surface area contributed by atoms with Gasteiger partial charge >= 0.3 is 0 Å². The van der Waals surface area contributed by atoms with Gasteiger partial charge in [-0.25, -0.2) is 0 Å². The molecule has 2 aromatic rings. The third kappa shape index (κ3) is 3.92. The first-order valence-electron chi connectivity index (χ1n) is 10.3. The zero-order chi connectivity index (χ0) is 20.5. The average molecular weight is 396 g/mol. The van der Waals surface area contributed by atoms with E-state index >= 15 is 0 Å². The molecule has 1 fully saturated rings. The number of aromatic nitrogens is 2. The van der Waals surface area contributed by atoms with Gasteiger partial charge in [-0.2, -0.15) is 5.10 Å². The minimum Gasteiger partial charge on any atom is -0.369 e. The molecule has 7 heteroatoms. The highest BCUT2D eigenvalue weighted by Gasteiger charge is 2.31. The first kappa shape index (κ1) is 19.6. The maximum absolute atomic E-state index is 12.9. The Balaban J connectivity index is 1.49. The lowest BCUT2D eigenvalue weighted by molar-refractivity contribution is -0.128. The largest absolute Gasteiger partial charge is 0.369 e. The Hall–Kier alpha value is -2.67. The number of rotatable bonds is 5. The Kier molecular flexibility index (Phi) is 5.41. The second-order valence-corrected chi connectivity index (χ2v) is 8.00. The molecule has 1 aromatic carbocycles. The lowest BCUT2D eigenvalue weighted by atomic mass is 9.99. The van der Waals surface area contributed by atoms with Gasteiger partial charge in [-0.05, 0) is 31.4 Å². The van der Waals surface area contributed by atoms with Crippen molar-refractivity contribution in [3.8, 4) is 0 Å². The molecule has 2 aliphatic heterocycles. The number of carbonyl (C=O) groups is 2. The normalized spacial score (nSPS) is 21.3. The van der Waals surface area contributed by atoms with Gasteiger partial charge in [0.2, 0.25) is 5.91 Å². The van der Waals surface area contributed by atoms with E-state index in [-0.39, 0.29) is 24.0 Å². The molecule has 3 heterocycles. The summed E-state index contributed by atoms with van der Waals surface area (Å²) in [5, 5.41) is 7.50. The summed E-state index contributed by atoms with van der Waals surface area (Å²) < 4.78 is 7.64. The summed E-state index contributed by atoms with van der Waals surface area (Å²) in [6, 6.07) is 7.96. The zero-order valence-electron chi connectivity index (χ0n) is 17.3. The Labute approximate surface area is 171 Å². The quantitative estimate of drug-likeness (QED) is 0.843. The topological polar surface area (TPSA) is 76.5 Å². The van der Waals surface area contributed by atoms with Gasteiger partial charge in [-0.15, -0.1) is 0 Å². The van der Waals surface area contributed by atoms with Gasteiger partial charge in [0.1, 0.15) is 0 Å². The third-order valence-electron chi connectivity index (χ3n) is 5.81. The number of benzene rings is 1.